The van der Waals surface area contributed by atoms with E-state index in [0.29, 0.717) is 5.56 Å². The largest absolute Gasteiger partial charge is 0.478 e. The van der Waals surface area contributed by atoms with Crippen LogP contribution in [0.15, 0.2) is 24.3 Å². The summed E-state index contributed by atoms with van der Waals surface area (Å²) in [6.45, 7) is 7.13. The van der Waals surface area contributed by atoms with E-state index in [2.05, 4.69) is 0 Å². The van der Waals surface area contributed by atoms with Crippen LogP contribution >= 0.6 is 0 Å². The van der Waals surface area contributed by atoms with Gasteiger partial charge in [-0.1, -0.05) is 6.07 Å². The summed E-state index contributed by atoms with van der Waals surface area (Å²) in [5, 5.41) is 11.0. The van der Waals surface area contributed by atoms with Crippen molar-refractivity contribution < 1.29 is 18.8 Å². The molecule has 0 saturated carbocycles. The molecule has 0 aliphatic heterocycles. The number of ether oxygens (including phenoxy) is 1. The van der Waals surface area contributed by atoms with Crippen LogP contribution < -0.4 is 4.74 Å². The first-order chi connectivity index (χ1) is 11.2. The molecule has 0 N–H and O–H groups in total. The Morgan fingerprint density at radius 3 is 2.25 bits per heavy atom. The van der Waals surface area contributed by atoms with Gasteiger partial charge in [0.15, 0.2) is 12.4 Å². The number of Topliss-reactive ketones (excluding diaryl/α,β-unsaturated/α-hetero) is 1. The fourth-order valence-electron chi connectivity index (χ4n) is 2.60. The van der Waals surface area contributed by atoms with Gasteiger partial charge in [0.2, 0.25) is 5.78 Å². The average Bonchev–Trinajstić information content (AvgIpc) is 2.51. The van der Waals surface area contributed by atoms with Crippen LogP contribution in [0.2, 0.25) is 0 Å². The first-order valence-corrected chi connectivity index (χ1v) is 7.39. The first kappa shape index (κ1) is 17.6. The Bertz CT molecular complexity index is 804. The molecular formula is C18H18FNO4. The molecule has 0 heterocycles. The maximum atomic E-state index is 13.3. The molecule has 0 amide bonds. The lowest BCUT2D eigenvalue weighted by molar-refractivity contribution is -0.385. The molecule has 0 bridgehead atoms. The molecule has 0 fully saturated rings. The smallest absolute Gasteiger partial charge is 0.311 e. The van der Waals surface area contributed by atoms with Crippen molar-refractivity contribution in [1.82, 2.24) is 0 Å². The second-order valence-electron chi connectivity index (χ2n) is 5.72. The predicted molar refractivity (Wildman–Crippen MR) is 88.3 cm³/mol. The van der Waals surface area contributed by atoms with Crippen LogP contribution in [0.25, 0.3) is 0 Å². The molecule has 0 saturated heterocycles. The van der Waals surface area contributed by atoms with Gasteiger partial charge in [0, 0.05) is 17.7 Å². The maximum Gasteiger partial charge on any atom is 0.311 e. The van der Waals surface area contributed by atoms with E-state index >= 15 is 0 Å². The third-order valence-electron chi connectivity index (χ3n) is 4.12. The SMILES string of the molecule is Cc1cc(C)c(C)c(C(=O)COc2cc(F)ccc2[N+](=O)[O-])c1C. The Balaban J connectivity index is 2.30. The fraction of sp³-hybridized carbons (Fsp3) is 0.278. The molecule has 0 spiro atoms. The maximum absolute atomic E-state index is 13.3. The number of carbonyl (C=O) groups excluding carboxylic acids is 1. The number of carbonyl (C=O) groups is 1. The summed E-state index contributed by atoms with van der Waals surface area (Å²) in [6.07, 6.45) is 0. The lowest BCUT2D eigenvalue weighted by Gasteiger charge is -2.14. The molecule has 0 aromatic heterocycles. The minimum atomic E-state index is -0.674. The topological polar surface area (TPSA) is 69.4 Å². The number of aryl methyl sites for hydroxylation is 2. The summed E-state index contributed by atoms with van der Waals surface area (Å²) in [5.41, 5.74) is 3.84. The van der Waals surface area contributed by atoms with Gasteiger partial charge in [-0.15, -0.1) is 0 Å². The van der Waals surface area contributed by atoms with E-state index in [1.165, 1.54) is 0 Å². The van der Waals surface area contributed by atoms with Crippen LogP contribution in [0.1, 0.15) is 32.6 Å². The summed E-state index contributed by atoms with van der Waals surface area (Å²) in [5.74, 6) is -1.22. The normalized spacial score (nSPS) is 10.5. The van der Waals surface area contributed by atoms with Crippen LogP contribution in [0.4, 0.5) is 10.1 Å². The Morgan fingerprint density at radius 1 is 1.12 bits per heavy atom. The molecule has 2 rings (SSSR count). The zero-order valence-electron chi connectivity index (χ0n) is 14.0. The molecule has 0 atom stereocenters. The Morgan fingerprint density at radius 2 is 1.71 bits per heavy atom. The summed E-state index contributed by atoms with van der Waals surface area (Å²) < 4.78 is 18.6. The molecular weight excluding hydrogens is 313 g/mol. The molecule has 5 nitrogen and oxygen atoms in total. The summed E-state index contributed by atoms with van der Waals surface area (Å²) in [4.78, 5) is 22.8. The number of benzene rings is 2. The number of ketones is 1. The zero-order chi connectivity index (χ0) is 18.0. The number of nitro groups is 1. The van der Waals surface area contributed by atoms with Crippen LogP contribution in [-0.4, -0.2) is 17.3 Å². The van der Waals surface area contributed by atoms with Crippen LogP contribution in [0, 0.1) is 43.6 Å². The second-order valence-corrected chi connectivity index (χ2v) is 5.72. The van der Waals surface area contributed by atoms with E-state index in [0.717, 1.165) is 40.5 Å². The van der Waals surface area contributed by atoms with Crippen molar-refractivity contribution in [1.29, 1.82) is 0 Å². The van der Waals surface area contributed by atoms with Gasteiger partial charge in [-0.2, -0.15) is 0 Å². The number of nitrogens with zero attached hydrogens (tertiary/aromatic N) is 1. The number of rotatable bonds is 5. The number of nitro benzene ring substituents is 1. The first-order valence-electron chi connectivity index (χ1n) is 7.39. The molecule has 6 heteroatoms. The van der Waals surface area contributed by atoms with Crippen molar-refractivity contribution in [3.8, 4) is 5.75 Å². The fourth-order valence-corrected chi connectivity index (χ4v) is 2.60. The quantitative estimate of drug-likeness (QED) is 0.467. The minimum absolute atomic E-state index is 0.256. The summed E-state index contributed by atoms with van der Waals surface area (Å²) in [7, 11) is 0. The predicted octanol–water partition coefficient (Wildman–Crippen LogP) is 4.23. The van der Waals surface area contributed by atoms with Gasteiger partial charge in [0.25, 0.3) is 0 Å². The number of hydrogen-bond donors (Lipinski definition) is 0. The van der Waals surface area contributed by atoms with Gasteiger partial charge in [-0.3, -0.25) is 14.9 Å². The lowest BCUT2D eigenvalue weighted by Crippen LogP contribution is -2.16. The van der Waals surface area contributed by atoms with E-state index in [1.54, 1.807) is 0 Å². The number of halogens is 1. The van der Waals surface area contributed by atoms with E-state index in [4.69, 9.17) is 4.74 Å². The Kier molecular flexibility index (Phi) is 4.97. The Labute approximate surface area is 139 Å². The van der Waals surface area contributed by atoms with Crippen molar-refractivity contribution in [2.75, 3.05) is 6.61 Å². The molecule has 2 aromatic carbocycles. The van der Waals surface area contributed by atoms with Crippen LogP contribution in [0.5, 0.6) is 5.75 Å². The monoisotopic (exact) mass is 331 g/mol. The molecule has 2 aromatic rings. The van der Waals surface area contributed by atoms with Crippen LogP contribution in [0.3, 0.4) is 0 Å². The van der Waals surface area contributed by atoms with Crippen molar-refractivity contribution in [3.05, 3.63) is 68.0 Å². The molecule has 0 radical (unpaired) electrons. The van der Waals surface area contributed by atoms with Crippen molar-refractivity contribution in [3.63, 3.8) is 0 Å². The van der Waals surface area contributed by atoms with E-state index in [1.807, 2.05) is 33.8 Å². The zero-order valence-corrected chi connectivity index (χ0v) is 14.0. The highest BCUT2D eigenvalue weighted by Crippen LogP contribution is 2.28. The van der Waals surface area contributed by atoms with Gasteiger partial charge in [-0.25, -0.2) is 4.39 Å². The minimum Gasteiger partial charge on any atom is -0.478 e. The van der Waals surface area contributed by atoms with Crippen molar-refractivity contribution in [2.45, 2.75) is 27.7 Å². The van der Waals surface area contributed by atoms with Gasteiger partial charge in [0.1, 0.15) is 5.82 Å². The third-order valence-corrected chi connectivity index (χ3v) is 4.12. The van der Waals surface area contributed by atoms with Gasteiger partial charge in [-0.05, 0) is 56.0 Å². The molecule has 24 heavy (non-hydrogen) atoms. The van der Waals surface area contributed by atoms with Crippen LogP contribution in [-0.2, 0) is 0 Å². The van der Waals surface area contributed by atoms with Crippen molar-refractivity contribution >= 4 is 11.5 Å². The third kappa shape index (κ3) is 3.42. The van der Waals surface area contributed by atoms with Gasteiger partial charge in [0.05, 0.1) is 4.92 Å². The highest BCUT2D eigenvalue weighted by Gasteiger charge is 2.20. The average molecular weight is 331 g/mol. The molecule has 0 aliphatic carbocycles. The molecule has 0 unspecified atom stereocenters. The standard InChI is InChI=1S/C18H18FNO4/c1-10-7-11(2)13(4)18(12(10)3)16(21)9-24-17-8-14(19)5-6-15(17)20(22)23/h5-8H,9H2,1-4H3. The Hall–Kier alpha value is -2.76. The highest BCUT2D eigenvalue weighted by atomic mass is 19.1. The number of hydrogen-bond acceptors (Lipinski definition) is 4. The highest BCUT2D eigenvalue weighted by molar-refractivity contribution is 6.00. The van der Waals surface area contributed by atoms with Gasteiger partial charge < -0.3 is 4.74 Å². The van der Waals surface area contributed by atoms with E-state index in [9.17, 15) is 19.3 Å². The van der Waals surface area contributed by atoms with Gasteiger partial charge >= 0.3 is 5.69 Å². The second kappa shape index (κ2) is 6.78. The van der Waals surface area contributed by atoms with E-state index < -0.39 is 17.3 Å². The lowest BCUT2D eigenvalue weighted by atomic mass is 9.92. The van der Waals surface area contributed by atoms with E-state index in [-0.39, 0.29) is 17.2 Å². The molecule has 126 valence electrons. The van der Waals surface area contributed by atoms with Crippen molar-refractivity contribution in [2.24, 2.45) is 0 Å². The molecule has 0 aliphatic rings. The summed E-state index contributed by atoms with van der Waals surface area (Å²) in [6, 6.07) is 4.90. The summed E-state index contributed by atoms with van der Waals surface area (Å²) >= 11 is 0.